The maximum Gasteiger partial charge on any atom is 0.224 e. The molecule has 19 heteroatoms. The zero-order valence-corrected chi connectivity index (χ0v) is 19.3. The van der Waals surface area contributed by atoms with Gasteiger partial charge in [0.15, 0.2) is 12.6 Å². The van der Waals surface area contributed by atoms with Gasteiger partial charge in [0.25, 0.3) is 0 Å². The molecule has 37 heavy (non-hydrogen) atoms. The molecule has 3 saturated heterocycles. The van der Waals surface area contributed by atoms with Crippen molar-refractivity contribution in [3.8, 4) is 0 Å². The topological polar surface area (TPSA) is 363 Å². The van der Waals surface area contributed by atoms with Crippen LogP contribution in [0.2, 0.25) is 0 Å². The van der Waals surface area contributed by atoms with Crippen LogP contribution in [0.4, 0.5) is 0 Å². The first-order chi connectivity index (χ1) is 16.0. The summed E-state index contributed by atoms with van der Waals surface area (Å²) in [6.07, 6.45) is -21.8. The summed E-state index contributed by atoms with van der Waals surface area (Å²) in [6, 6.07) is 0. The molecule has 0 bridgehead atoms. The molecule has 2 unspecified atom stereocenters. The van der Waals surface area contributed by atoms with Crippen LogP contribution in [-0.2, 0) is 23.7 Å². The Kier molecular flexibility index (Phi) is 14.3. The van der Waals surface area contributed by atoms with Gasteiger partial charge in [-0.15, -0.1) is 0 Å². The quantitative estimate of drug-likeness (QED) is 0.132. The molecule has 3 rings (SSSR count). The highest BCUT2D eigenvalue weighted by molar-refractivity contribution is 4.98. The summed E-state index contributed by atoms with van der Waals surface area (Å²) in [5.74, 6) is -2.36. The molecular weight excluding hydrogens is 520 g/mol. The lowest BCUT2D eigenvalue weighted by Gasteiger charge is -2.44. The highest BCUT2D eigenvalue weighted by atomic mass is 16.8. The summed E-state index contributed by atoms with van der Waals surface area (Å²) in [7, 11) is 0. The van der Waals surface area contributed by atoms with Crippen LogP contribution in [0.5, 0.6) is 0 Å². The van der Waals surface area contributed by atoms with E-state index in [1.165, 1.54) is 0 Å². The first kappa shape index (κ1) is 36.2. The second kappa shape index (κ2) is 14.6. The van der Waals surface area contributed by atoms with Crippen molar-refractivity contribution in [2.24, 2.45) is 0 Å². The third-order valence-electron chi connectivity index (χ3n) is 6.16. The van der Waals surface area contributed by atoms with E-state index in [1.807, 2.05) is 0 Å². The lowest BCUT2D eigenvalue weighted by Crippen LogP contribution is -2.63. The second-order valence-corrected chi connectivity index (χ2v) is 8.41. The predicted molar refractivity (Wildman–Crippen MR) is 112 cm³/mol. The number of ether oxygens (including phenoxy) is 5. The van der Waals surface area contributed by atoms with Crippen molar-refractivity contribution >= 4 is 0 Å². The van der Waals surface area contributed by atoms with Gasteiger partial charge in [-0.3, -0.25) is 0 Å². The molecule has 224 valence electrons. The summed E-state index contributed by atoms with van der Waals surface area (Å²) >= 11 is 0. The number of aliphatic hydroxyl groups is 11. The fraction of sp³-hybridized carbons (Fsp3) is 1.00. The van der Waals surface area contributed by atoms with Gasteiger partial charge in [0, 0.05) is 0 Å². The zero-order valence-electron chi connectivity index (χ0n) is 19.3. The largest absolute Gasteiger partial charge is 0.412 e. The number of hydrogen-bond acceptors (Lipinski definition) is 16. The molecule has 0 aromatic carbocycles. The highest BCUT2D eigenvalue weighted by Gasteiger charge is 2.58. The fourth-order valence-corrected chi connectivity index (χ4v) is 4.01. The van der Waals surface area contributed by atoms with Crippen molar-refractivity contribution < 1.29 is 96.3 Å². The average Bonchev–Trinajstić information content (AvgIpc) is 3.08. The maximum atomic E-state index is 10.3. The fourth-order valence-electron chi connectivity index (χ4n) is 4.01. The minimum atomic E-state index is -2.36. The standard InChI is InChI=1S/C18H32O16.3H2O/c19-1-5-8(22)11(25)13(27)16(31-5)30-3-7-9(23)12(26)14(28)17(32-7)34-18(4-21)15(29)10(24)6(2-20)33-18;;;/h5-17,19-29H,1-4H2;3*1H2/t5-,6-,7-,8+,9-,10-,11+,12+,13-,14-,15+,16?,17?,18+;;;/m1.../s1. The Morgan fingerprint density at radius 2 is 1.05 bits per heavy atom. The van der Waals surface area contributed by atoms with Crippen molar-refractivity contribution in [3.63, 3.8) is 0 Å². The Bertz CT molecular complexity index is 657. The molecule has 0 radical (unpaired) electrons. The third kappa shape index (κ3) is 6.88. The lowest BCUT2D eigenvalue weighted by molar-refractivity contribution is -0.388. The molecule has 19 nitrogen and oxygen atoms in total. The van der Waals surface area contributed by atoms with E-state index in [-0.39, 0.29) is 16.4 Å². The molecule has 14 atom stereocenters. The van der Waals surface area contributed by atoms with Gasteiger partial charge in [-0.25, -0.2) is 0 Å². The van der Waals surface area contributed by atoms with E-state index < -0.39 is 112 Å². The van der Waals surface area contributed by atoms with Crippen LogP contribution in [0.1, 0.15) is 0 Å². The van der Waals surface area contributed by atoms with Gasteiger partial charge in [0.2, 0.25) is 5.79 Å². The van der Waals surface area contributed by atoms with Crippen LogP contribution in [0.3, 0.4) is 0 Å². The van der Waals surface area contributed by atoms with Crippen LogP contribution in [0.25, 0.3) is 0 Å². The summed E-state index contributed by atoms with van der Waals surface area (Å²) in [4.78, 5) is 0. The monoisotopic (exact) mass is 558 g/mol. The van der Waals surface area contributed by atoms with Crippen molar-refractivity contribution in [3.05, 3.63) is 0 Å². The second-order valence-electron chi connectivity index (χ2n) is 8.41. The van der Waals surface area contributed by atoms with Crippen molar-refractivity contribution in [2.75, 3.05) is 26.4 Å². The van der Waals surface area contributed by atoms with Gasteiger partial charge >= 0.3 is 0 Å². The number of aliphatic hydroxyl groups excluding tert-OH is 11. The number of rotatable bonds is 8. The summed E-state index contributed by atoms with van der Waals surface area (Å²) in [6.45, 7) is -3.14. The Morgan fingerprint density at radius 3 is 1.54 bits per heavy atom. The van der Waals surface area contributed by atoms with E-state index in [4.69, 9.17) is 23.7 Å². The van der Waals surface area contributed by atoms with E-state index in [9.17, 15) is 56.2 Å². The van der Waals surface area contributed by atoms with Crippen LogP contribution in [-0.4, -0.2) is 185 Å². The molecule has 17 N–H and O–H groups in total. The lowest BCUT2D eigenvalue weighted by atomic mass is 9.98. The summed E-state index contributed by atoms with van der Waals surface area (Å²) in [5.41, 5.74) is 0. The number of hydrogen-bond donors (Lipinski definition) is 11. The Hall–Kier alpha value is -0.760. The minimum Gasteiger partial charge on any atom is -0.412 e. The molecule has 3 fully saturated rings. The molecule has 0 amide bonds. The van der Waals surface area contributed by atoms with Crippen molar-refractivity contribution in [2.45, 2.75) is 85.5 Å². The molecule has 0 aliphatic carbocycles. The first-order valence-electron chi connectivity index (χ1n) is 10.6. The van der Waals surface area contributed by atoms with Gasteiger partial charge in [0.1, 0.15) is 73.8 Å². The third-order valence-corrected chi connectivity index (χ3v) is 6.16. The molecular formula is C18H38O19. The van der Waals surface area contributed by atoms with E-state index in [2.05, 4.69) is 0 Å². The van der Waals surface area contributed by atoms with Crippen LogP contribution in [0.15, 0.2) is 0 Å². The highest BCUT2D eigenvalue weighted by Crippen LogP contribution is 2.36. The van der Waals surface area contributed by atoms with E-state index in [0.29, 0.717) is 0 Å². The van der Waals surface area contributed by atoms with Gasteiger partial charge in [0.05, 0.1) is 19.8 Å². The van der Waals surface area contributed by atoms with E-state index >= 15 is 0 Å². The molecule has 3 heterocycles. The van der Waals surface area contributed by atoms with Gasteiger partial charge in [-0.1, -0.05) is 0 Å². The molecule has 3 aliphatic heterocycles. The van der Waals surface area contributed by atoms with Crippen LogP contribution >= 0.6 is 0 Å². The Morgan fingerprint density at radius 1 is 0.568 bits per heavy atom. The molecule has 3 aliphatic rings. The Labute approximate surface area is 209 Å². The average molecular weight is 558 g/mol. The van der Waals surface area contributed by atoms with Crippen LogP contribution < -0.4 is 0 Å². The SMILES string of the molecule is O.O.O.OC[C@H]1OC(OC[C@H]2OC(O[C@]3(CO)O[C@H](CO)[C@@H](O)[C@@H]3O)[C@H](O)[C@@H](O)[C@@H]2O)[C@H](O)[C@@H](O)[C@H]1O. The van der Waals surface area contributed by atoms with Gasteiger partial charge < -0.3 is 96.3 Å². The zero-order chi connectivity index (χ0) is 25.4. The minimum absolute atomic E-state index is 0. The maximum absolute atomic E-state index is 10.3. The first-order valence-corrected chi connectivity index (χ1v) is 10.6. The Balaban J connectivity index is 0.00000432. The van der Waals surface area contributed by atoms with Crippen LogP contribution in [0, 0.1) is 0 Å². The van der Waals surface area contributed by atoms with Gasteiger partial charge in [-0.05, 0) is 0 Å². The van der Waals surface area contributed by atoms with Gasteiger partial charge in [-0.2, -0.15) is 0 Å². The molecule has 0 aromatic heterocycles. The predicted octanol–water partition coefficient (Wildman–Crippen LogP) is -10.0. The molecule has 0 spiro atoms. The van der Waals surface area contributed by atoms with Crippen molar-refractivity contribution in [1.29, 1.82) is 0 Å². The smallest absolute Gasteiger partial charge is 0.224 e. The van der Waals surface area contributed by atoms with Crippen molar-refractivity contribution in [1.82, 2.24) is 0 Å². The summed E-state index contributed by atoms with van der Waals surface area (Å²) < 4.78 is 26.4. The summed E-state index contributed by atoms with van der Waals surface area (Å²) in [5, 5.41) is 109. The van der Waals surface area contributed by atoms with E-state index in [0.717, 1.165) is 0 Å². The van der Waals surface area contributed by atoms with E-state index in [1.54, 1.807) is 0 Å². The molecule has 0 aromatic rings. The normalized spacial score (nSPS) is 47.9. The molecule has 0 saturated carbocycles.